The van der Waals surface area contributed by atoms with Gasteiger partial charge in [-0.05, 0) is 61.9 Å². The van der Waals surface area contributed by atoms with E-state index in [4.69, 9.17) is 17.3 Å². The number of rotatable bonds is 2. The molecule has 1 aliphatic heterocycles. The molecule has 0 atom stereocenters. The Morgan fingerprint density at radius 3 is 2.42 bits per heavy atom. The average Bonchev–Trinajstić information content (AvgIpc) is 2.84. The van der Waals surface area contributed by atoms with Gasteiger partial charge in [-0.15, -0.1) is 0 Å². The summed E-state index contributed by atoms with van der Waals surface area (Å²) in [6.07, 6.45) is 8.57. The second-order valence-corrected chi connectivity index (χ2v) is 6.76. The van der Waals surface area contributed by atoms with Gasteiger partial charge in [0.1, 0.15) is 0 Å². The van der Waals surface area contributed by atoms with Gasteiger partial charge in [-0.25, -0.2) is 0 Å². The fourth-order valence-corrected chi connectivity index (χ4v) is 3.94. The maximum absolute atomic E-state index is 6.04. The molecule has 0 unspecified atom stereocenters. The van der Waals surface area contributed by atoms with Crippen molar-refractivity contribution in [2.75, 3.05) is 18.8 Å². The van der Waals surface area contributed by atoms with E-state index in [-0.39, 0.29) is 0 Å². The molecule has 1 saturated carbocycles. The molecule has 0 radical (unpaired) electrons. The van der Waals surface area contributed by atoms with E-state index in [0.29, 0.717) is 5.41 Å². The van der Waals surface area contributed by atoms with Crippen molar-refractivity contribution in [3.63, 3.8) is 0 Å². The van der Waals surface area contributed by atoms with Crippen molar-refractivity contribution in [1.29, 1.82) is 0 Å². The number of anilines is 1. The Bertz CT molecular complexity index is 442. The fraction of sp³-hybridized carbons (Fsp3) is 0.625. The summed E-state index contributed by atoms with van der Waals surface area (Å²) in [6, 6.07) is 5.87. The summed E-state index contributed by atoms with van der Waals surface area (Å²) in [7, 11) is 0. The van der Waals surface area contributed by atoms with Crippen molar-refractivity contribution < 1.29 is 0 Å². The molecule has 1 heterocycles. The highest BCUT2D eigenvalue weighted by Crippen LogP contribution is 2.46. The molecule has 3 heteroatoms. The van der Waals surface area contributed by atoms with Crippen molar-refractivity contribution >= 4 is 17.3 Å². The van der Waals surface area contributed by atoms with E-state index >= 15 is 0 Å². The zero-order valence-electron chi connectivity index (χ0n) is 11.5. The number of benzene rings is 1. The van der Waals surface area contributed by atoms with Gasteiger partial charge in [0.2, 0.25) is 0 Å². The Morgan fingerprint density at radius 1 is 1.11 bits per heavy atom. The number of likely N-dealkylation sites (tertiary alicyclic amines) is 1. The predicted molar refractivity (Wildman–Crippen MR) is 81.3 cm³/mol. The van der Waals surface area contributed by atoms with Crippen LogP contribution < -0.4 is 5.73 Å². The SMILES string of the molecule is Nc1cc(Cl)ccc1CN1CCC2(CCCC2)CC1. The summed E-state index contributed by atoms with van der Waals surface area (Å²) >= 11 is 5.95. The maximum atomic E-state index is 6.04. The first kappa shape index (κ1) is 13.3. The maximum Gasteiger partial charge on any atom is 0.0426 e. The highest BCUT2D eigenvalue weighted by Gasteiger charge is 2.36. The predicted octanol–water partition coefficient (Wildman–Crippen LogP) is 4.08. The Labute approximate surface area is 120 Å². The van der Waals surface area contributed by atoms with Crippen LogP contribution in [0.2, 0.25) is 5.02 Å². The van der Waals surface area contributed by atoms with Crippen LogP contribution in [0.3, 0.4) is 0 Å². The van der Waals surface area contributed by atoms with Crippen molar-refractivity contribution in [2.45, 2.75) is 45.1 Å². The second-order valence-electron chi connectivity index (χ2n) is 6.33. The lowest BCUT2D eigenvalue weighted by Crippen LogP contribution is -2.38. The van der Waals surface area contributed by atoms with E-state index in [1.807, 2.05) is 12.1 Å². The molecule has 2 nitrogen and oxygen atoms in total. The zero-order valence-corrected chi connectivity index (χ0v) is 12.3. The molecule has 2 N–H and O–H groups in total. The number of halogens is 1. The molecule has 1 aromatic rings. The quantitative estimate of drug-likeness (QED) is 0.826. The third-order valence-electron chi connectivity index (χ3n) is 5.08. The molecule has 19 heavy (non-hydrogen) atoms. The molecule has 2 aliphatic rings. The third kappa shape index (κ3) is 2.90. The van der Waals surface area contributed by atoms with Crippen molar-refractivity contribution in [2.24, 2.45) is 5.41 Å². The number of hydrogen-bond donors (Lipinski definition) is 1. The Kier molecular flexibility index (Phi) is 3.72. The van der Waals surface area contributed by atoms with Gasteiger partial charge < -0.3 is 5.73 Å². The lowest BCUT2D eigenvalue weighted by molar-refractivity contribution is 0.104. The normalized spacial score (nSPS) is 23.0. The summed E-state index contributed by atoms with van der Waals surface area (Å²) in [6.45, 7) is 3.42. The third-order valence-corrected chi connectivity index (χ3v) is 5.32. The van der Waals surface area contributed by atoms with Crippen LogP contribution in [0.4, 0.5) is 5.69 Å². The van der Waals surface area contributed by atoms with Gasteiger partial charge in [0, 0.05) is 17.3 Å². The summed E-state index contributed by atoms with van der Waals surface area (Å²) in [5.74, 6) is 0. The summed E-state index contributed by atoms with van der Waals surface area (Å²) < 4.78 is 0. The first-order valence-corrected chi connectivity index (χ1v) is 7.81. The standard InChI is InChI=1S/C16H23ClN2/c17-14-4-3-13(15(18)11-14)12-19-9-7-16(8-10-19)5-1-2-6-16/h3-4,11H,1-2,5-10,12,18H2. The number of nitrogen functional groups attached to an aromatic ring is 1. The van der Waals surface area contributed by atoms with Gasteiger partial charge in [-0.1, -0.05) is 30.5 Å². The molecular formula is C16H23ClN2. The highest BCUT2D eigenvalue weighted by molar-refractivity contribution is 6.30. The van der Waals surface area contributed by atoms with Crippen LogP contribution in [0.1, 0.15) is 44.1 Å². The van der Waals surface area contributed by atoms with Crippen LogP contribution in [0.5, 0.6) is 0 Å². The Hall–Kier alpha value is -0.730. The average molecular weight is 279 g/mol. The molecular weight excluding hydrogens is 256 g/mol. The summed E-state index contributed by atoms with van der Waals surface area (Å²) in [5.41, 5.74) is 8.78. The molecule has 104 valence electrons. The van der Waals surface area contributed by atoms with E-state index in [1.165, 1.54) is 57.2 Å². The Morgan fingerprint density at radius 2 is 1.79 bits per heavy atom. The van der Waals surface area contributed by atoms with Crippen LogP contribution in [-0.4, -0.2) is 18.0 Å². The molecule has 1 aromatic carbocycles. The molecule has 3 rings (SSSR count). The van der Waals surface area contributed by atoms with Crippen molar-refractivity contribution in [3.05, 3.63) is 28.8 Å². The van der Waals surface area contributed by atoms with Crippen LogP contribution in [0, 0.1) is 5.41 Å². The smallest absolute Gasteiger partial charge is 0.0426 e. The van der Waals surface area contributed by atoms with Gasteiger partial charge in [-0.2, -0.15) is 0 Å². The number of hydrogen-bond acceptors (Lipinski definition) is 2. The van der Waals surface area contributed by atoms with Gasteiger partial charge in [0.15, 0.2) is 0 Å². The molecule has 1 saturated heterocycles. The topological polar surface area (TPSA) is 29.3 Å². The van der Waals surface area contributed by atoms with Crippen LogP contribution in [0.25, 0.3) is 0 Å². The minimum absolute atomic E-state index is 0.696. The van der Waals surface area contributed by atoms with E-state index in [0.717, 1.165) is 17.3 Å². The van der Waals surface area contributed by atoms with Crippen molar-refractivity contribution in [3.8, 4) is 0 Å². The fourth-order valence-electron chi connectivity index (χ4n) is 3.76. The largest absolute Gasteiger partial charge is 0.398 e. The van der Waals surface area contributed by atoms with Gasteiger partial charge in [-0.3, -0.25) is 4.90 Å². The minimum atomic E-state index is 0.696. The first-order chi connectivity index (χ1) is 9.17. The van der Waals surface area contributed by atoms with Gasteiger partial charge in [0.25, 0.3) is 0 Å². The van der Waals surface area contributed by atoms with Gasteiger partial charge in [0.05, 0.1) is 0 Å². The molecule has 2 fully saturated rings. The summed E-state index contributed by atoms with van der Waals surface area (Å²) in [4.78, 5) is 2.54. The highest BCUT2D eigenvalue weighted by atomic mass is 35.5. The van der Waals surface area contributed by atoms with E-state index < -0.39 is 0 Å². The second kappa shape index (κ2) is 5.34. The monoisotopic (exact) mass is 278 g/mol. The number of nitrogens with zero attached hydrogens (tertiary/aromatic N) is 1. The molecule has 0 bridgehead atoms. The molecule has 1 aliphatic carbocycles. The molecule has 0 aromatic heterocycles. The van der Waals surface area contributed by atoms with Crippen LogP contribution in [-0.2, 0) is 6.54 Å². The lowest BCUT2D eigenvalue weighted by atomic mass is 9.77. The van der Waals surface area contributed by atoms with Crippen molar-refractivity contribution in [1.82, 2.24) is 4.90 Å². The zero-order chi connectivity index (χ0) is 13.3. The van der Waals surface area contributed by atoms with E-state index in [9.17, 15) is 0 Å². The first-order valence-electron chi connectivity index (χ1n) is 7.43. The Balaban J connectivity index is 1.60. The molecule has 0 amide bonds. The lowest BCUT2D eigenvalue weighted by Gasteiger charge is -2.39. The number of nitrogens with two attached hydrogens (primary N) is 1. The van der Waals surface area contributed by atoms with E-state index in [2.05, 4.69) is 11.0 Å². The summed E-state index contributed by atoms with van der Waals surface area (Å²) in [5, 5.41) is 0.727. The minimum Gasteiger partial charge on any atom is -0.398 e. The van der Waals surface area contributed by atoms with Crippen LogP contribution >= 0.6 is 11.6 Å². The van der Waals surface area contributed by atoms with Crippen LogP contribution in [0.15, 0.2) is 18.2 Å². The van der Waals surface area contributed by atoms with Gasteiger partial charge >= 0.3 is 0 Å². The number of piperidine rings is 1. The van der Waals surface area contributed by atoms with E-state index in [1.54, 1.807) is 0 Å². The molecule has 1 spiro atoms.